The molecule has 0 aromatic rings. The molecule has 11 atom stereocenters. The number of hydrogen-bond donors (Lipinski definition) is 0. The fourth-order valence-electron chi connectivity index (χ4n) is 8.74. The molecule has 0 aromatic heterocycles. The van der Waals surface area contributed by atoms with Crippen LogP contribution in [0.3, 0.4) is 0 Å². The van der Waals surface area contributed by atoms with E-state index in [9.17, 15) is 57.3 Å². The van der Waals surface area contributed by atoms with Gasteiger partial charge in [0.2, 0.25) is 23.6 Å². The van der Waals surface area contributed by atoms with Gasteiger partial charge in [0.05, 0.1) is 122 Å². The molecule has 0 aromatic carbocycles. The quantitative estimate of drug-likeness (QED) is 0.0103. The Morgan fingerprint density at radius 2 is 0.887 bits per heavy atom. The van der Waals surface area contributed by atoms with Crippen molar-refractivity contribution in [2.75, 3.05) is 121 Å². The van der Waals surface area contributed by atoms with Crippen LogP contribution in [0.25, 0.3) is 0 Å². The molecule has 11 unspecified atom stereocenters. The summed E-state index contributed by atoms with van der Waals surface area (Å²) in [5.74, 6) is -5.34. The minimum Gasteiger partial charge on any atom is -0.756 e. The lowest BCUT2D eigenvalue weighted by Crippen LogP contribution is -2.41. The van der Waals surface area contributed by atoms with E-state index in [4.69, 9.17) is 32.7 Å². The number of phosphoric acid groups is 2. The number of alkyl halides is 2. The van der Waals surface area contributed by atoms with Gasteiger partial charge in [-0.05, 0) is 48.0 Å². The molecule has 4 bridgehead atoms. The maximum atomic E-state index is 12.8. The number of esters is 4. The molecule has 0 N–H and O–H groups in total. The lowest BCUT2D eigenvalue weighted by molar-refractivity contribution is -0.870. The van der Waals surface area contributed by atoms with Gasteiger partial charge in [-0.2, -0.15) is 0 Å². The van der Waals surface area contributed by atoms with E-state index in [1.165, 1.54) is 18.7 Å². The fourth-order valence-corrected chi connectivity index (χ4v) is 11.0. The third-order valence-electron chi connectivity index (χ3n) is 12.8. The molecule has 80 heavy (non-hydrogen) atoms. The number of fused-ring (bicyclic) bond motifs is 10. The first-order valence-corrected chi connectivity index (χ1v) is 30.1. The monoisotopic (exact) mass is 1310 g/mol. The molecule has 6 aliphatic heterocycles. The summed E-state index contributed by atoms with van der Waals surface area (Å²) in [5, 5.41) is 0. The summed E-state index contributed by atoms with van der Waals surface area (Å²) in [6, 6.07) is 0. The second-order valence-corrected chi connectivity index (χ2v) is 29.5. The molecule has 0 aliphatic carbocycles. The highest BCUT2D eigenvalue weighted by molar-refractivity contribution is 9.10. The Bertz CT molecular complexity index is 2430. The van der Waals surface area contributed by atoms with E-state index < -0.39 is 96.1 Å². The van der Waals surface area contributed by atoms with Crippen LogP contribution in [0.4, 0.5) is 0 Å². The van der Waals surface area contributed by atoms with Gasteiger partial charge in [0.15, 0.2) is 0 Å². The van der Waals surface area contributed by atoms with Crippen LogP contribution in [-0.2, 0) is 94.0 Å². The Kier molecular flexibility index (Phi) is 24.0. The molecular formula is C50H76Br2N4O22P2. The predicted molar refractivity (Wildman–Crippen MR) is 285 cm³/mol. The minimum atomic E-state index is -4.54. The smallest absolute Gasteiger partial charge is 0.333 e. The van der Waals surface area contributed by atoms with Crippen LogP contribution in [0.15, 0.2) is 36.5 Å². The van der Waals surface area contributed by atoms with Crippen molar-refractivity contribution in [2.45, 2.75) is 81.0 Å². The summed E-state index contributed by atoms with van der Waals surface area (Å²) in [4.78, 5) is 124. The van der Waals surface area contributed by atoms with Crippen LogP contribution in [-0.4, -0.2) is 221 Å². The Labute approximate surface area is 483 Å². The topological polar surface area (TPSA) is 316 Å². The molecule has 0 radical (unpaired) electrons. The number of likely N-dealkylation sites (tertiary alicyclic amines) is 2. The number of amides is 4. The fraction of sp³-hybridized carbons (Fsp3) is 0.720. The highest BCUT2D eigenvalue weighted by atomic mass is 79.9. The van der Waals surface area contributed by atoms with E-state index in [1.807, 2.05) is 54.4 Å². The second kappa shape index (κ2) is 27.9. The number of imide groups is 2. The van der Waals surface area contributed by atoms with Gasteiger partial charge in [0.25, 0.3) is 15.6 Å². The first kappa shape index (κ1) is 68.9. The van der Waals surface area contributed by atoms with E-state index in [1.54, 1.807) is 39.8 Å². The number of ether oxygens (including phenoxy) is 6. The van der Waals surface area contributed by atoms with Crippen LogP contribution < -0.4 is 9.79 Å². The van der Waals surface area contributed by atoms with Gasteiger partial charge in [-0.15, -0.1) is 0 Å². The van der Waals surface area contributed by atoms with Gasteiger partial charge >= 0.3 is 23.9 Å². The van der Waals surface area contributed by atoms with Crippen molar-refractivity contribution < 1.29 is 113 Å². The Hall–Kier alpha value is -3.60. The van der Waals surface area contributed by atoms with Crippen LogP contribution in [0.2, 0.25) is 0 Å². The first-order chi connectivity index (χ1) is 36.7. The van der Waals surface area contributed by atoms with Gasteiger partial charge in [-0.1, -0.05) is 62.7 Å². The summed E-state index contributed by atoms with van der Waals surface area (Å²) in [6.45, 7) is 12.5. The molecular weight excluding hydrogens is 1230 g/mol. The molecule has 0 saturated carbocycles. The van der Waals surface area contributed by atoms with Crippen LogP contribution in [0, 0.1) is 29.1 Å². The third-order valence-corrected chi connectivity index (χ3v) is 15.8. The number of phosphoric ester groups is 2. The average Bonchev–Trinajstić information content (AvgIpc) is 4.20. The van der Waals surface area contributed by atoms with E-state index in [0.717, 1.165) is 4.90 Å². The highest BCUT2D eigenvalue weighted by Gasteiger charge is 2.62. The van der Waals surface area contributed by atoms with Crippen molar-refractivity contribution >= 4 is 95.0 Å². The van der Waals surface area contributed by atoms with Gasteiger partial charge in [0, 0.05) is 5.57 Å². The van der Waals surface area contributed by atoms with Crippen molar-refractivity contribution in [1.82, 2.24) is 9.80 Å². The maximum Gasteiger partial charge on any atom is 0.333 e. The SMILES string of the molecule is C=C(C)C(=O)OCCOP(=O)([O-])OCC[N+](C)(C)[13CH3].CC(C)(Br)C(=O)OCCN1C(=O)C2C3C=CC(O3)C2C1=O.CC(C)(CC(C)(Br)C(=O)OCCOP(=O)([O-])OCC[N+](C)(C)[13CH3])C(=O)OCCN1C(=O)C2C3C=CC(O3)C2C1=O. The molecule has 0 spiro atoms. The molecule has 6 heterocycles. The van der Waals surface area contributed by atoms with Crippen LogP contribution in [0.5, 0.6) is 0 Å². The largest absolute Gasteiger partial charge is 0.756 e. The summed E-state index contributed by atoms with van der Waals surface area (Å²) >= 11 is 6.49. The van der Waals surface area contributed by atoms with Crippen molar-refractivity contribution in [2.24, 2.45) is 29.1 Å². The lowest BCUT2D eigenvalue weighted by atomic mass is 9.83. The van der Waals surface area contributed by atoms with Gasteiger partial charge < -0.3 is 65.3 Å². The maximum absolute atomic E-state index is 12.8. The molecule has 26 nitrogen and oxygen atoms in total. The van der Waals surface area contributed by atoms with Crippen LogP contribution >= 0.6 is 47.5 Å². The van der Waals surface area contributed by atoms with Crippen molar-refractivity contribution in [1.29, 1.82) is 0 Å². The van der Waals surface area contributed by atoms with Crippen molar-refractivity contribution in [3.8, 4) is 0 Å². The number of rotatable bonds is 28. The van der Waals surface area contributed by atoms with Gasteiger partial charge in [0.1, 0.15) is 61.4 Å². The lowest BCUT2D eigenvalue weighted by Gasteiger charge is -2.30. The number of quaternary nitrogens is 2. The molecule has 452 valence electrons. The van der Waals surface area contributed by atoms with Crippen molar-refractivity contribution in [3.05, 3.63) is 36.5 Å². The molecule has 6 aliphatic rings. The van der Waals surface area contributed by atoms with Gasteiger partial charge in [-0.3, -0.25) is 52.5 Å². The number of likely N-dealkylation sites (N-methyl/N-ethyl adjacent to an activating group) is 2. The normalized spacial score (nSPS) is 25.9. The van der Waals surface area contributed by atoms with Crippen LogP contribution in [0.1, 0.15) is 48.0 Å². The highest BCUT2D eigenvalue weighted by Crippen LogP contribution is 2.47. The van der Waals surface area contributed by atoms with Gasteiger partial charge in [-0.25, -0.2) is 4.79 Å². The molecule has 30 heteroatoms. The standard InChI is InChI=1S/C25H38BrN2O11P.C14H16BrNO5.C11H22NO6P/c1-24(2,15-25(3,26)23(32)36-13-14-38-40(33,34)37-12-10-28(4,5)6)22(31)35-11-9-27-20(29)18-16-7-8-17(39-16)19(18)21(27)30;1-14(2,15)13(19)20-6-5-16-11(17)9-7-3-4-8(21-7)10(9)12(16)18;1-10(2)11(13)16-8-9-18-19(14,15)17-7-6-12(3,4)5/h7-8,16-19H,9-15H2,1-6H3;3-4,7-10H,5-6H2,1-2H3;1,6-9H2,2-5H3/i4+1;;3+1. The van der Waals surface area contributed by atoms with E-state index in [0.29, 0.717) is 22.1 Å². The Morgan fingerprint density at radius 3 is 1.23 bits per heavy atom. The first-order valence-electron chi connectivity index (χ1n) is 25.6. The number of carbonyl (C=O) groups excluding carboxylic acids is 8. The molecule has 4 saturated heterocycles. The number of halogens is 2. The molecule has 6 rings (SSSR count). The second-order valence-electron chi connectivity index (χ2n) is 23.0. The summed E-state index contributed by atoms with van der Waals surface area (Å²) in [5.41, 5.74) is -0.908. The molecule has 4 fully saturated rings. The Morgan fingerprint density at radius 1 is 0.562 bits per heavy atom. The summed E-state index contributed by atoms with van der Waals surface area (Å²) in [6.07, 6.45) is 5.89. The summed E-state index contributed by atoms with van der Waals surface area (Å²) < 4.78 is 72.3. The predicted octanol–water partition coefficient (Wildman–Crippen LogP) is 1.74. The summed E-state index contributed by atoms with van der Waals surface area (Å²) in [7, 11) is 2.52. The number of hydrogen-bond acceptors (Lipinski definition) is 22. The van der Waals surface area contributed by atoms with E-state index in [2.05, 4.69) is 52.2 Å². The molecule has 4 amide bonds. The number of carbonyl (C=O) groups is 8. The Balaban J connectivity index is 0.000000288. The minimum absolute atomic E-state index is 0.00834. The zero-order chi connectivity index (χ0) is 60.6. The third kappa shape index (κ3) is 19.8. The number of nitrogens with zero attached hydrogens (tertiary/aromatic N) is 4. The average molecular weight is 1310 g/mol. The van der Waals surface area contributed by atoms with Crippen molar-refractivity contribution in [3.63, 3.8) is 0 Å². The zero-order valence-corrected chi connectivity index (χ0v) is 52.2. The van der Waals surface area contributed by atoms with E-state index in [-0.39, 0.29) is 107 Å². The zero-order valence-electron chi connectivity index (χ0n) is 47.2. The van der Waals surface area contributed by atoms with E-state index >= 15 is 0 Å².